The Bertz CT molecular complexity index is 469. The Morgan fingerprint density at radius 1 is 1.00 bits per heavy atom. The first-order valence-electron chi connectivity index (χ1n) is 8.41. The highest BCUT2D eigenvalue weighted by Crippen LogP contribution is 2.53. The Kier molecular flexibility index (Phi) is 3.97. The lowest BCUT2D eigenvalue weighted by Gasteiger charge is -2.50. The summed E-state index contributed by atoms with van der Waals surface area (Å²) in [5.74, 6) is 0. The van der Waals surface area contributed by atoms with Gasteiger partial charge < -0.3 is 9.31 Å². The fourth-order valence-corrected chi connectivity index (χ4v) is 3.58. The van der Waals surface area contributed by atoms with Crippen molar-refractivity contribution in [2.75, 3.05) is 0 Å². The zero-order valence-electron chi connectivity index (χ0n) is 15.8. The second-order valence-corrected chi connectivity index (χ2v) is 9.68. The van der Waals surface area contributed by atoms with Gasteiger partial charge in [-0.2, -0.15) is 0 Å². The summed E-state index contributed by atoms with van der Waals surface area (Å²) in [4.78, 5) is 0. The lowest BCUT2D eigenvalue weighted by atomic mass is 9.54. The maximum atomic E-state index is 13.7. The quantitative estimate of drug-likeness (QED) is 0.665. The molecule has 125 valence electrons. The van der Waals surface area contributed by atoms with Crippen LogP contribution in [-0.2, 0) is 14.4 Å². The van der Waals surface area contributed by atoms with Crippen LogP contribution in [0.5, 0.6) is 0 Å². The van der Waals surface area contributed by atoms with E-state index in [1.165, 1.54) is 0 Å². The third-order valence-corrected chi connectivity index (χ3v) is 6.10. The summed E-state index contributed by atoms with van der Waals surface area (Å²) in [5, 5.41) is 13.7. The predicted octanol–water partition coefficient (Wildman–Crippen LogP) is 4.58. The second kappa shape index (κ2) is 4.84. The molecule has 1 heterocycles. The van der Waals surface area contributed by atoms with Gasteiger partial charge in [0.15, 0.2) is 0 Å². The zero-order valence-corrected chi connectivity index (χ0v) is 15.8. The first-order valence-corrected chi connectivity index (χ1v) is 8.41. The molecule has 0 bridgehead atoms. The molecule has 3 nitrogen and oxygen atoms in total. The maximum absolute atomic E-state index is 13.7. The average Bonchev–Trinajstić information content (AvgIpc) is 2.50. The molecule has 1 aliphatic carbocycles. The van der Waals surface area contributed by atoms with E-state index in [4.69, 9.17) is 9.31 Å². The maximum Gasteiger partial charge on any atom is 0.490 e. The van der Waals surface area contributed by atoms with E-state index in [0.717, 1.165) is 18.3 Å². The number of hydrogen-bond acceptors (Lipinski definition) is 2. The molecular formula is C18H32BO3. The third-order valence-electron chi connectivity index (χ3n) is 6.10. The standard InChI is InChI=1S/C18H32BO3/c1-14(2,3)18(20)12-13(10-11-15(18,4)5)19-21-16(6,7)17(8,9)22-19/h12H,10-11H2,1-9H3/t18-/m1/s1. The van der Waals surface area contributed by atoms with Crippen molar-refractivity contribution in [2.24, 2.45) is 10.8 Å². The molecule has 0 N–H and O–H groups in total. The van der Waals surface area contributed by atoms with E-state index in [9.17, 15) is 5.11 Å². The summed E-state index contributed by atoms with van der Waals surface area (Å²) in [5.41, 5.74) is -1.47. The fraction of sp³-hybridized carbons (Fsp3) is 0.889. The summed E-state index contributed by atoms with van der Waals surface area (Å²) in [7, 11) is -0.392. The van der Waals surface area contributed by atoms with Gasteiger partial charge in [0.1, 0.15) is 5.60 Å². The molecule has 22 heavy (non-hydrogen) atoms. The Balaban J connectivity index is 2.39. The molecule has 0 spiro atoms. The molecular weight excluding hydrogens is 275 g/mol. The Labute approximate surface area is 136 Å². The lowest BCUT2D eigenvalue weighted by molar-refractivity contribution is -0.156. The molecule has 0 aromatic heterocycles. The lowest BCUT2D eigenvalue weighted by Crippen LogP contribution is -2.54. The van der Waals surface area contributed by atoms with Gasteiger partial charge in [-0.3, -0.25) is 0 Å². The minimum atomic E-state index is -1.13. The molecule has 0 aromatic carbocycles. The molecule has 1 radical (unpaired) electrons. The normalized spacial score (nSPS) is 33.7. The van der Waals surface area contributed by atoms with Crippen LogP contribution >= 0.6 is 0 Å². The monoisotopic (exact) mass is 307 g/mol. The minimum absolute atomic E-state index is 0.279. The average molecular weight is 307 g/mol. The van der Waals surface area contributed by atoms with Crippen molar-refractivity contribution in [3.8, 4) is 0 Å². The van der Waals surface area contributed by atoms with Gasteiger partial charge in [0.2, 0.25) is 0 Å². The molecule has 1 saturated heterocycles. The van der Waals surface area contributed by atoms with E-state index in [1.807, 2.05) is 26.8 Å². The summed E-state index contributed by atoms with van der Waals surface area (Å²) >= 11 is 0. The van der Waals surface area contributed by atoms with Gasteiger partial charge in [0.25, 0.3) is 0 Å². The van der Waals surface area contributed by atoms with Gasteiger partial charge in [-0.25, -0.2) is 5.11 Å². The molecule has 1 aliphatic heterocycles. The minimum Gasteiger partial charge on any atom is -0.400 e. The summed E-state index contributed by atoms with van der Waals surface area (Å²) in [6, 6.07) is 0. The molecule has 1 fully saturated rings. The first-order chi connectivity index (χ1) is 9.63. The van der Waals surface area contributed by atoms with Crippen LogP contribution in [0.15, 0.2) is 11.5 Å². The van der Waals surface area contributed by atoms with E-state index < -0.39 is 12.7 Å². The number of allylic oxidation sites excluding steroid dienone is 1. The Hall–Kier alpha value is -0.315. The molecule has 1 atom stereocenters. The van der Waals surface area contributed by atoms with Crippen LogP contribution in [0.3, 0.4) is 0 Å². The van der Waals surface area contributed by atoms with Gasteiger partial charge in [-0.15, -0.1) is 0 Å². The van der Waals surface area contributed by atoms with E-state index >= 15 is 0 Å². The summed E-state index contributed by atoms with van der Waals surface area (Å²) < 4.78 is 12.3. The third kappa shape index (κ3) is 2.57. The fourth-order valence-electron chi connectivity index (χ4n) is 3.58. The highest BCUT2D eigenvalue weighted by Gasteiger charge is 2.58. The van der Waals surface area contributed by atoms with Crippen LogP contribution in [-0.4, -0.2) is 23.9 Å². The number of hydrogen-bond donors (Lipinski definition) is 0. The molecule has 0 saturated carbocycles. The van der Waals surface area contributed by atoms with E-state index in [2.05, 4.69) is 41.5 Å². The molecule has 0 amide bonds. The number of rotatable bonds is 1. The molecule has 0 aromatic rings. The van der Waals surface area contributed by atoms with Crippen LogP contribution in [0.25, 0.3) is 0 Å². The van der Waals surface area contributed by atoms with Crippen molar-refractivity contribution >= 4 is 7.12 Å². The van der Waals surface area contributed by atoms with Crippen molar-refractivity contribution in [2.45, 2.75) is 92.0 Å². The van der Waals surface area contributed by atoms with Crippen molar-refractivity contribution < 1.29 is 14.4 Å². The first kappa shape index (κ1) is 18.0. The summed E-state index contributed by atoms with van der Waals surface area (Å²) in [6.45, 7) is 18.5. The topological polar surface area (TPSA) is 38.4 Å². The van der Waals surface area contributed by atoms with Crippen LogP contribution in [0.2, 0.25) is 0 Å². The summed E-state index contributed by atoms with van der Waals surface area (Å²) in [6.07, 6.45) is 3.65. The van der Waals surface area contributed by atoms with E-state index in [-0.39, 0.29) is 22.0 Å². The zero-order chi connectivity index (χ0) is 17.2. The van der Waals surface area contributed by atoms with Gasteiger partial charge >= 0.3 is 7.12 Å². The van der Waals surface area contributed by atoms with Gasteiger partial charge in [0.05, 0.1) is 11.2 Å². The predicted molar refractivity (Wildman–Crippen MR) is 90.1 cm³/mol. The van der Waals surface area contributed by atoms with Crippen LogP contribution in [0, 0.1) is 10.8 Å². The van der Waals surface area contributed by atoms with Crippen molar-refractivity contribution in [1.82, 2.24) is 0 Å². The SMILES string of the molecule is CC1(C)OB(C2=C[C@@]([O])(C(C)(C)C)C(C)(C)CC2)OC1(C)C. The van der Waals surface area contributed by atoms with Crippen molar-refractivity contribution in [3.05, 3.63) is 11.5 Å². The van der Waals surface area contributed by atoms with Crippen LogP contribution in [0.1, 0.15) is 75.2 Å². The molecule has 4 heteroatoms. The second-order valence-electron chi connectivity index (χ2n) is 9.68. The highest BCUT2D eigenvalue weighted by molar-refractivity contribution is 6.54. The van der Waals surface area contributed by atoms with Crippen molar-refractivity contribution in [3.63, 3.8) is 0 Å². The molecule has 2 aliphatic rings. The Morgan fingerprint density at radius 3 is 1.86 bits per heavy atom. The highest BCUT2D eigenvalue weighted by atomic mass is 16.7. The molecule has 0 unspecified atom stereocenters. The van der Waals surface area contributed by atoms with Crippen LogP contribution < -0.4 is 0 Å². The van der Waals surface area contributed by atoms with E-state index in [0.29, 0.717) is 0 Å². The van der Waals surface area contributed by atoms with Gasteiger partial charge in [0, 0.05) is 5.41 Å². The Morgan fingerprint density at radius 2 is 1.45 bits per heavy atom. The van der Waals surface area contributed by atoms with Crippen molar-refractivity contribution in [1.29, 1.82) is 0 Å². The van der Waals surface area contributed by atoms with Crippen LogP contribution in [0.4, 0.5) is 0 Å². The smallest absolute Gasteiger partial charge is 0.400 e. The van der Waals surface area contributed by atoms with Gasteiger partial charge in [-0.1, -0.05) is 40.7 Å². The largest absolute Gasteiger partial charge is 0.490 e. The van der Waals surface area contributed by atoms with E-state index in [1.54, 1.807) is 0 Å². The van der Waals surface area contributed by atoms with Gasteiger partial charge in [-0.05, 0) is 51.4 Å². The molecule has 2 rings (SSSR count).